The molecule has 0 aliphatic heterocycles. The maximum atomic E-state index is 11.9. The molecule has 1 atom stereocenters. The molecule has 0 fully saturated rings. The minimum absolute atomic E-state index is 0.270. The molecule has 0 saturated carbocycles. The standard InChI is InChI=1S/C11H14N2O2/c1-13(2)9(11(12)15)10(14)8-6-4-3-5-7-8/h3-7,9H,1-2H3,(H2,12,15)/t9-/m0/s1. The number of likely N-dealkylation sites (N-methyl/N-ethyl adjacent to an activating group) is 1. The van der Waals surface area contributed by atoms with E-state index in [1.165, 1.54) is 4.90 Å². The molecular weight excluding hydrogens is 192 g/mol. The first-order valence-electron chi connectivity index (χ1n) is 4.59. The molecule has 4 nitrogen and oxygen atoms in total. The van der Waals surface area contributed by atoms with E-state index in [4.69, 9.17) is 5.73 Å². The molecular formula is C11H14N2O2. The maximum absolute atomic E-state index is 11.9. The van der Waals surface area contributed by atoms with Gasteiger partial charge in [-0.05, 0) is 14.1 Å². The summed E-state index contributed by atoms with van der Waals surface area (Å²) in [6.07, 6.45) is 0. The first kappa shape index (κ1) is 11.4. The lowest BCUT2D eigenvalue weighted by atomic mass is 10.0. The number of carbonyl (C=O) groups is 2. The summed E-state index contributed by atoms with van der Waals surface area (Å²) >= 11 is 0. The van der Waals surface area contributed by atoms with E-state index in [-0.39, 0.29) is 5.78 Å². The van der Waals surface area contributed by atoms with E-state index in [9.17, 15) is 9.59 Å². The molecule has 1 aromatic rings. The molecule has 2 N–H and O–H groups in total. The highest BCUT2D eigenvalue weighted by Gasteiger charge is 2.27. The van der Waals surface area contributed by atoms with Crippen molar-refractivity contribution < 1.29 is 9.59 Å². The molecule has 0 aromatic heterocycles. The van der Waals surface area contributed by atoms with Crippen molar-refractivity contribution in [2.24, 2.45) is 5.73 Å². The Kier molecular flexibility index (Phi) is 3.57. The van der Waals surface area contributed by atoms with E-state index in [0.717, 1.165) is 0 Å². The van der Waals surface area contributed by atoms with Gasteiger partial charge in [0.15, 0.2) is 11.8 Å². The maximum Gasteiger partial charge on any atom is 0.242 e. The highest BCUT2D eigenvalue weighted by Crippen LogP contribution is 2.06. The molecule has 4 heteroatoms. The SMILES string of the molecule is CN(C)[C@H](C(N)=O)C(=O)c1ccccc1. The van der Waals surface area contributed by atoms with Gasteiger partial charge in [0.2, 0.25) is 5.91 Å². The molecule has 80 valence electrons. The summed E-state index contributed by atoms with van der Waals surface area (Å²) in [5, 5.41) is 0. The van der Waals surface area contributed by atoms with E-state index in [1.807, 2.05) is 6.07 Å². The third kappa shape index (κ3) is 2.63. The molecule has 0 bridgehead atoms. The average Bonchev–Trinajstić information content (AvgIpc) is 2.18. The lowest BCUT2D eigenvalue weighted by Gasteiger charge is -2.19. The Hall–Kier alpha value is -1.68. The molecule has 0 aliphatic rings. The number of carbonyl (C=O) groups excluding carboxylic acids is 2. The van der Waals surface area contributed by atoms with Crippen LogP contribution in [-0.2, 0) is 4.79 Å². The van der Waals surface area contributed by atoms with Gasteiger partial charge in [-0.1, -0.05) is 30.3 Å². The summed E-state index contributed by atoms with van der Waals surface area (Å²) in [7, 11) is 3.30. The topological polar surface area (TPSA) is 63.4 Å². The highest BCUT2D eigenvalue weighted by atomic mass is 16.2. The van der Waals surface area contributed by atoms with Crippen molar-refractivity contribution in [2.45, 2.75) is 6.04 Å². The first-order valence-corrected chi connectivity index (χ1v) is 4.59. The van der Waals surface area contributed by atoms with E-state index >= 15 is 0 Å². The normalized spacial score (nSPS) is 12.5. The van der Waals surface area contributed by atoms with Crippen LogP contribution in [0.1, 0.15) is 10.4 Å². The van der Waals surface area contributed by atoms with Crippen molar-refractivity contribution in [3.63, 3.8) is 0 Å². The Morgan fingerprint density at radius 3 is 2.13 bits per heavy atom. The Balaban J connectivity index is 2.97. The number of rotatable bonds is 4. The van der Waals surface area contributed by atoms with Gasteiger partial charge in [-0.3, -0.25) is 14.5 Å². The minimum Gasteiger partial charge on any atom is -0.368 e. The summed E-state index contributed by atoms with van der Waals surface area (Å²) in [6, 6.07) is 7.75. The molecule has 0 heterocycles. The van der Waals surface area contributed by atoms with Crippen LogP contribution in [0.25, 0.3) is 0 Å². The third-order valence-electron chi connectivity index (χ3n) is 2.09. The van der Waals surface area contributed by atoms with Gasteiger partial charge in [-0.2, -0.15) is 0 Å². The molecule has 0 saturated heterocycles. The quantitative estimate of drug-likeness (QED) is 0.568. The monoisotopic (exact) mass is 206 g/mol. The second-order valence-electron chi connectivity index (χ2n) is 3.50. The summed E-state index contributed by atoms with van der Waals surface area (Å²) in [5.74, 6) is -0.901. The van der Waals surface area contributed by atoms with Gasteiger partial charge in [-0.15, -0.1) is 0 Å². The van der Waals surface area contributed by atoms with Crippen LogP contribution in [-0.4, -0.2) is 36.7 Å². The molecule has 0 spiro atoms. The first-order chi connectivity index (χ1) is 7.04. The van der Waals surface area contributed by atoms with E-state index in [2.05, 4.69) is 0 Å². The number of primary amides is 1. The Bertz CT molecular complexity index is 360. The number of nitrogens with zero attached hydrogens (tertiary/aromatic N) is 1. The van der Waals surface area contributed by atoms with Crippen LogP contribution in [0, 0.1) is 0 Å². The van der Waals surface area contributed by atoms with Crippen LogP contribution in [0.5, 0.6) is 0 Å². The van der Waals surface area contributed by atoms with Gasteiger partial charge >= 0.3 is 0 Å². The third-order valence-corrected chi connectivity index (χ3v) is 2.09. The minimum atomic E-state index is -0.896. The van der Waals surface area contributed by atoms with Gasteiger partial charge < -0.3 is 5.73 Å². The number of Topliss-reactive ketones (excluding diaryl/α,β-unsaturated/α-hetero) is 1. The van der Waals surface area contributed by atoms with Gasteiger partial charge in [0.25, 0.3) is 0 Å². The zero-order valence-electron chi connectivity index (χ0n) is 8.81. The molecule has 0 aliphatic carbocycles. The van der Waals surface area contributed by atoms with E-state index < -0.39 is 11.9 Å². The second kappa shape index (κ2) is 4.70. The van der Waals surface area contributed by atoms with Crippen molar-refractivity contribution in [3.05, 3.63) is 35.9 Å². The van der Waals surface area contributed by atoms with E-state index in [0.29, 0.717) is 5.56 Å². The summed E-state index contributed by atoms with van der Waals surface area (Å²) < 4.78 is 0. The van der Waals surface area contributed by atoms with Gasteiger partial charge in [0, 0.05) is 5.56 Å². The fourth-order valence-electron chi connectivity index (χ4n) is 1.38. The van der Waals surface area contributed by atoms with Crippen molar-refractivity contribution in [2.75, 3.05) is 14.1 Å². The van der Waals surface area contributed by atoms with Crippen molar-refractivity contribution >= 4 is 11.7 Å². The van der Waals surface area contributed by atoms with Crippen LogP contribution in [0.2, 0.25) is 0 Å². The molecule has 1 rings (SSSR count). The Morgan fingerprint density at radius 2 is 1.73 bits per heavy atom. The lowest BCUT2D eigenvalue weighted by molar-refractivity contribution is -0.120. The predicted molar refractivity (Wildman–Crippen MR) is 57.4 cm³/mol. The van der Waals surface area contributed by atoms with Crippen molar-refractivity contribution in [1.82, 2.24) is 4.90 Å². The predicted octanol–water partition coefficient (Wildman–Crippen LogP) is 0.285. The van der Waals surface area contributed by atoms with E-state index in [1.54, 1.807) is 38.4 Å². The smallest absolute Gasteiger partial charge is 0.242 e. The van der Waals surface area contributed by atoms with Gasteiger partial charge in [-0.25, -0.2) is 0 Å². The highest BCUT2D eigenvalue weighted by molar-refractivity contribution is 6.13. The van der Waals surface area contributed by atoms with Crippen LogP contribution < -0.4 is 5.73 Å². The molecule has 1 amide bonds. The molecule has 0 radical (unpaired) electrons. The van der Waals surface area contributed by atoms with Crippen LogP contribution in [0.3, 0.4) is 0 Å². The van der Waals surface area contributed by atoms with Crippen LogP contribution in [0.15, 0.2) is 30.3 Å². The zero-order valence-corrected chi connectivity index (χ0v) is 8.81. The zero-order chi connectivity index (χ0) is 11.4. The Labute approximate surface area is 88.7 Å². The summed E-state index contributed by atoms with van der Waals surface area (Å²) in [5.41, 5.74) is 5.67. The number of amides is 1. The number of benzene rings is 1. The van der Waals surface area contributed by atoms with Crippen molar-refractivity contribution in [1.29, 1.82) is 0 Å². The summed E-state index contributed by atoms with van der Waals surface area (Å²) in [6.45, 7) is 0. The molecule has 1 aromatic carbocycles. The number of hydrogen-bond donors (Lipinski definition) is 1. The number of nitrogens with two attached hydrogens (primary N) is 1. The lowest BCUT2D eigenvalue weighted by Crippen LogP contribution is -2.46. The second-order valence-corrected chi connectivity index (χ2v) is 3.50. The van der Waals surface area contributed by atoms with Crippen LogP contribution >= 0.6 is 0 Å². The fourth-order valence-corrected chi connectivity index (χ4v) is 1.38. The summed E-state index contributed by atoms with van der Waals surface area (Å²) in [4.78, 5) is 24.5. The number of hydrogen-bond acceptors (Lipinski definition) is 3. The number of ketones is 1. The Morgan fingerprint density at radius 1 is 1.20 bits per heavy atom. The van der Waals surface area contributed by atoms with Crippen molar-refractivity contribution in [3.8, 4) is 0 Å². The fraction of sp³-hybridized carbons (Fsp3) is 0.273. The average molecular weight is 206 g/mol. The molecule has 0 unspecified atom stereocenters. The molecule has 15 heavy (non-hydrogen) atoms. The van der Waals surface area contributed by atoms with Gasteiger partial charge in [0.05, 0.1) is 0 Å². The van der Waals surface area contributed by atoms with Crippen LogP contribution in [0.4, 0.5) is 0 Å². The largest absolute Gasteiger partial charge is 0.368 e. The van der Waals surface area contributed by atoms with Gasteiger partial charge in [0.1, 0.15) is 0 Å².